The van der Waals surface area contributed by atoms with Gasteiger partial charge in [0.25, 0.3) is 0 Å². The summed E-state index contributed by atoms with van der Waals surface area (Å²) in [5.41, 5.74) is 0. The van der Waals surface area contributed by atoms with Gasteiger partial charge in [-0.1, -0.05) is 19.9 Å². The molecule has 0 aromatic carbocycles. The van der Waals surface area contributed by atoms with E-state index < -0.39 is 0 Å². The summed E-state index contributed by atoms with van der Waals surface area (Å²) >= 11 is 1.77. The molecule has 0 spiro atoms. The van der Waals surface area contributed by atoms with Crippen LogP contribution in [-0.2, 0) is 6.54 Å². The molecule has 130 valence electrons. The Morgan fingerprint density at radius 2 is 2.30 bits per heavy atom. The third-order valence-corrected chi connectivity index (χ3v) is 4.96. The van der Waals surface area contributed by atoms with Crippen LogP contribution in [0, 0.1) is 11.8 Å². The molecular formula is C18H32N4S. The number of hydrogen-bond acceptors (Lipinski definition) is 3. The summed E-state index contributed by atoms with van der Waals surface area (Å²) in [6.07, 6.45) is 2.65. The van der Waals surface area contributed by atoms with E-state index in [2.05, 4.69) is 53.8 Å². The first-order valence-corrected chi connectivity index (χ1v) is 9.82. The van der Waals surface area contributed by atoms with Gasteiger partial charge >= 0.3 is 0 Å². The van der Waals surface area contributed by atoms with E-state index >= 15 is 0 Å². The van der Waals surface area contributed by atoms with E-state index in [1.807, 2.05) is 0 Å². The summed E-state index contributed by atoms with van der Waals surface area (Å²) in [7, 11) is 0. The van der Waals surface area contributed by atoms with E-state index in [0.717, 1.165) is 37.4 Å². The molecule has 2 heterocycles. The van der Waals surface area contributed by atoms with Crippen LogP contribution in [0.1, 0.15) is 38.5 Å². The number of nitrogens with one attached hydrogen (secondary N) is 2. The number of guanidine groups is 1. The first kappa shape index (κ1) is 18.3. The number of piperidine rings is 1. The van der Waals surface area contributed by atoms with E-state index in [9.17, 15) is 0 Å². The molecule has 1 aliphatic heterocycles. The van der Waals surface area contributed by atoms with E-state index in [-0.39, 0.29) is 0 Å². The van der Waals surface area contributed by atoms with Crippen LogP contribution < -0.4 is 10.6 Å². The summed E-state index contributed by atoms with van der Waals surface area (Å²) < 4.78 is 0. The number of nitrogens with zero attached hydrogens (tertiary/aromatic N) is 2. The second-order valence-electron chi connectivity index (χ2n) is 6.82. The Balaban J connectivity index is 1.79. The van der Waals surface area contributed by atoms with Crippen molar-refractivity contribution in [2.75, 3.05) is 32.7 Å². The van der Waals surface area contributed by atoms with Gasteiger partial charge in [-0.15, -0.1) is 11.3 Å². The van der Waals surface area contributed by atoms with Crippen LogP contribution in [-0.4, -0.2) is 43.6 Å². The Morgan fingerprint density at radius 1 is 1.43 bits per heavy atom. The maximum atomic E-state index is 4.70. The standard InChI is InChI=1S/C18H32N4S/c1-4-19-18(21-12-17-8-6-10-23-17)20-11-16-7-5-9-22(14-16)13-15(2)3/h6,8,10,15-16H,4-5,7,9,11-14H2,1-3H3,(H2,19,20,21). The molecular weight excluding hydrogens is 304 g/mol. The van der Waals surface area contributed by atoms with Crippen LogP contribution in [0.25, 0.3) is 0 Å². The monoisotopic (exact) mass is 336 g/mol. The fourth-order valence-electron chi connectivity index (χ4n) is 3.14. The van der Waals surface area contributed by atoms with Crippen molar-refractivity contribution in [1.82, 2.24) is 15.5 Å². The second-order valence-corrected chi connectivity index (χ2v) is 7.85. The van der Waals surface area contributed by atoms with Crippen molar-refractivity contribution < 1.29 is 0 Å². The van der Waals surface area contributed by atoms with Crippen LogP contribution >= 0.6 is 11.3 Å². The average molecular weight is 337 g/mol. The maximum absolute atomic E-state index is 4.70. The van der Waals surface area contributed by atoms with Gasteiger partial charge in [-0.2, -0.15) is 0 Å². The Labute approximate surface area is 145 Å². The molecule has 0 bridgehead atoms. The van der Waals surface area contributed by atoms with Crippen LogP contribution in [0.5, 0.6) is 0 Å². The number of hydrogen-bond donors (Lipinski definition) is 2. The van der Waals surface area contributed by atoms with Gasteiger partial charge in [0, 0.05) is 31.1 Å². The predicted molar refractivity (Wildman–Crippen MR) is 101 cm³/mol. The molecule has 1 atom stereocenters. The fourth-order valence-corrected chi connectivity index (χ4v) is 3.77. The number of aliphatic imine (C=N–C) groups is 1. The van der Waals surface area contributed by atoms with Crippen molar-refractivity contribution in [2.24, 2.45) is 16.8 Å². The Morgan fingerprint density at radius 3 is 3.00 bits per heavy atom. The minimum Gasteiger partial charge on any atom is -0.357 e. The molecule has 1 fully saturated rings. The number of rotatable bonds is 7. The number of thiophene rings is 1. The van der Waals surface area contributed by atoms with Crippen molar-refractivity contribution in [2.45, 2.75) is 40.2 Å². The van der Waals surface area contributed by atoms with Crippen molar-refractivity contribution in [3.05, 3.63) is 22.4 Å². The smallest absolute Gasteiger partial charge is 0.191 e. The van der Waals surface area contributed by atoms with Crippen molar-refractivity contribution in [3.63, 3.8) is 0 Å². The van der Waals surface area contributed by atoms with Gasteiger partial charge in [-0.3, -0.25) is 0 Å². The van der Waals surface area contributed by atoms with Crippen molar-refractivity contribution >= 4 is 17.3 Å². The Hall–Kier alpha value is -1.07. The third-order valence-electron chi connectivity index (χ3n) is 4.10. The summed E-state index contributed by atoms with van der Waals surface area (Å²) in [5, 5.41) is 9.01. The summed E-state index contributed by atoms with van der Waals surface area (Å²) in [6, 6.07) is 4.23. The molecule has 2 N–H and O–H groups in total. The van der Waals surface area contributed by atoms with Crippen LogP contribution in [0.4, 0.5) is 0 Å². The molecule has 0 amide bonds. The quantitative estimate of drug-likeness (QED) is 0.593. The van der Waals surface area contributed by atoms with Gasteiger partial charge in [0.2, 0.25) is 0 Å². The van der Waals surface area contributed by atoms with Gasteiger partial charge in [0.15, 0.2) is 5.96 Å². The molecule has 1 aromatic rings. The lowest BCUT2D eigenvalue weighted by Gasteiger charge is -2.34. The highest BCUT2D eigenvalue weighted by molar-refractivity contribution is 7.09. The van der Waals surface area contributed by atoms with Crippen molar-refractivity contribution in [3.8, 4) is 0 Å². The molecule has 4 nitrogen and oxygen atoms in total. The largest absolute Gasteiger partial charge is 0.357 e. The molecule has 2 rings (SSSR count). The van der Waals surface area contributed by atoms with Gasteiger partial charge < -0.3 is 15.5 Å². The summed E-state index contributed by atoms with van der Waals surface area (Å²) in [4.78, 5) is 8.63. The number of likely N-dealkylation sites (tertiary alicyclic amines) is 1. The maximum Gasteiger partial charge on any atom is 0.191 e. The lowest BCUT2D eigenvalue weighted by molar-refractivity contribution is 0.159. The van der Waals surface area contributed by atoms with E-state index in [4.69, 9.17) is 4.99 Å². The zero-order valence-corrected chi connectivity index (χ0v) is 15.7. The molecule has 1 aliphatic rings. The Bertz CT molecular complexity index is 456. The lowest BCUT2D eigenvalue weighted by Crippen LogP contribution is -2.45. The zero-order valence-electron chi connectivity index (χ0n) is 14.8. The molecule has 23 heavy (non-hydrogen) atoms. The van der Waals surface area contributed by atoms with Gasteiger partial charge in [-0.05, 0) is 49.6 Å². The highest BCUT2D eigenvalue weighted by Crippen LogP contribution is 2.17. The second kappa shape index (κ2) is 9.93. The first-order valence-electron chi connectivity index (χ1n) is 8.94. The lowest BCUT2D eigenvalue weighted by atomic mass is 9.97. The highest BCUT2D eigenvalue weighted by Gasteiger charge is 2.20. The highest BCUT2D eigenvalue weighted by atomic mass is 32.1. The summed E-state index contributed by atoms with van der Waals surface area (Å²) in [5.74, 6) is 2.43. The SMILES string of the molecule is CCNC(=NCc1cccs1)NCC1CCCN(CC(C)C)C1. The molecule has 1 saturated heterocycles. The molecule has 0 saturated carbocycles. The third kappa shape index (κ3) is 6.92. The Kier molecular flexibility index (Phi) is 7.89. The summed E-state index contributed by atoms with van der Waals surface area (Å²) in [6.45, 7) is 13.1. The minimum atomic E-state index is 0.730. The van der Waals surface area contributed by atoms with Gasteiger partial charge in [-0.25, -0.2) is 4.99 Å². The van der Waals surface area contributed by atoms with Crippen LogP contribution in [0.3, 0.4) is 0 Å². The molecule has 1 aromatic heterocycles. The van der Waals surface area contributed by atoms with Crippen molar-refractivity contribution in [1.29, 1.82) is 0 Å². The van der Waals surface area contributed by atoms with Crippen LogP contribution in [0.2, 0.25) is 0 Å². The first-order chi connectivity index (χ1) is 11.2. The molecule has 1 unspecified atom stereocenters. The molecule has 5 heteroatoms. The van der Waals surface area contributed by atoms with E-state index in [1.54, 1.807) is 11.3 Å². The van der Waals surface area contributed by atoms with Gasteiger partial charge in [0.1, 0.15) is 0 Å². The van der Waals surface area contributed by atoms with Gasteiger partial charge in [0.05, 0.1) is 6.54 Å². The predicted octanol–water partition coefficient (Wildman–Crippen LogP) is 3.17. The molecule has 0 aliphatic carbocycles. The van der Waals surface area contributed by atoms with E-state index in [1.165, 1.54) is 37.4 Å². The topological polar surface area (TPSA) is 39.7 Å². The minimum absolute atomic E-state index is 0.730. The van der Waals surface area contributed by atoms with E-state index in [0.29, 0.717) is 0 Å². The fraction of sp³-hybridized carbons (Fsp3) is 0.722. The molecule has 0 radical (unpaired) electrons. The average Bonchev–Trinajstić information content (AvgIpc) is 3.03. The van der Waals surface area contributed by atoms with Crippen LogP contribution in [0.15, 0.2) is 22.5 Å². The normalized spacial score (nSPS) is 20.0. The zero-order chi connectivity index (χ0) is 16.5.